The molecule has 2 aromatic heterocycles. The van der Waals surface area contributed by atoms with Gasteiger partial charge in [0.05, 0.1) is 29.5 Å². The van der Waals surface area contributed by atoms with Gasteiger partial charge in [-0.3, -0.25) is 4.99 Å². The lowest BCUT2D eigenvalue weighted by molar-refractivity contribution is 0.474. The van der Waals surface area contributed by atoms with E-state index in [0.717, 1.165) is 36.2 Å². The number of aliphatic imine (C=N–C) groups is 1. The van der Waals surface area contributed by atoms with Crippen LogP contribution in [0, 0.1) is 13.8 Å². The molecule has 0 atom stereocenters. The SMILES string of the molecule is CN=C(NCc1sc(C)nc1C)N(C)Cc1nc2c(s1)CCCC2. The lowest BCUT2D eigenvalue weighted by Crippen LogP contribution is -2.38. The van der Waals surface area contributed by atoms with E-state index in [1.165, 1.54) is 39.7 Å². The molecule has 1 aliphatic carbocycles. The molecule has 1 N–H and O–H groups in total. The maximum absolute atomic E-state index is 4.83. The van der Waals surface area contributed by atoms with Crippen LogP contribution in [0.2, 0.25) is 0 Å². The summed E-state index contributed by atoms with van der Waals surface area (Å²) in [5, 5.41) is 5.75. The van der Waals surface area contributed by atoms with E-state index < -0.39 is 0 Å². The molecule has 0 amide bonds. The van der Waals surface area contributed by atoms with Gasteiger partial charge < -0.3 is 10.2 Å². The molecule has 0 radical (unpaired) electrons. The highest BCUT2D eigenvalue weighted by atomic mass is 32.1. The molecule has 0 bridgehead atoms. The third-order valence-electron chi connectivity index (χ3n) is 4.24. The fourth-order valence-corrected chi connectivity index (χ4v) is 5.12. The van der Waals surface area contributed by atoms with Crippen molar-refractivity contribution in [1.29, 1.82) is 0 Å². The fourth-order valence-electron chi connectivity index (χ4n) is 3.03. The molecule has 24 heavy (non-hydrogen) atoms. The van der Waals surface area contributed by atoms with Gasteiger partial charge in [-0.1, -0.05) is 0 Å². The zero-order valence-corrected chi connectivity index (χ0v) is 16.5. The van der Waals surface area contributed by atoms with Crippen LogP contribution in [0.1, 0.15) is 44.0 Å². The zero-order valence-electron chi connectivity index (χ0n) is 14.8. The Morgan fingerprint density at radius 1 is 1.21 bits per heavy atom. The largest absolute Gasteiger partial charge is 0.351 e. The topological polar surface area (TPSA) is 53.4 Å². The Bertz CT molecular complexity index is 708. The molecule has 0 saturated heterocycles. The smallest absolute Gasteiger partial charge is 0.194 e. The van der Waals surface area contributed by atoms with Gasteiger partial charge in [0.15, 0.2) is 5.96 Å². The van der Waals surface area contributed by atoms with Gasteiger partial charge in [-0.2, -0.15) is 0 Å². The monoisotopic (exact) mass is 363 g/mol. The quantitative estimate of drug-likeness (QED) is 0.669. The van der Waals surface area contributed by atoms with Crippen molar-refractivity contribution < 1.29 is 0 Å². The van der Waals surface area contributed by atoms with Gasteiger partial charge in [0.2, 0.25) is 0 Å². The van der Waals surface area contributed by atoms with Crippen molar-refractivity contribution in [3.8, 4) is 0 Å². The number of aryl methyl sites for hydroxylation is 4. The molecular formula is C17H25N5S2. The third kappa shape index (κ3) is 3.95. The van der Waals surface area contributed by atoms with E-state index in [1.54, 1.807) is 11.3 Å². The Kier molecular flexibility index (Phi) is 5.50. The second-order valence-electron chi connectivity index (χ2n) is 6.18. The number of aromatic nitrogens is 2. The van der Waals surface area contributed by atoms with E-state index in [-0.39, 0.29) is 0 Å². The first kappa shape index (κ1) is 17.4. The fraction of sp³-hybridized carbons (Fsp3) is 0.588. The number of nitrogens with zero attached hydrogens (tertiary/aromatic N) is 4. The second-order valence-corrected chi connectivity index (χ2v) is 8.64. The number of hydrogen-bond acceptors (Lipinski definition) is 5. The van der Waals surface area contributed by atoms with Crippen molar-refractivity contribution >= 4 is 28.6 Å². The predicted octanol–water partition coefficient (Wildman–Crippen LogP) is 3.30. The molecule has 0 aliphatic heterocycles. The second kappa shape index (κ2) is 7.61. The highest BCUT2D eigenvalue weighted by Crippen LogP contribution is 2.27. The van der Waals surface area contributed by atoms with Gasteiger partial charge in [0, 0.05) is 23.8 Å². The maximum Gasteiger partial charge on any atom is 0.194 e. The number of hydrogen-bond donors (Lipinski definition) is 1. The molecule has 0 spiro atoms. The molecule has 0 aromatic carbocycles. The summed E-state index contributed by atoms with van der Waals surface area (Å²) in [5.41, 5.74) is 2.43. The molecule has 7 heteroatoms. The molecule has 0 saturated carbocycles. The summed E-state index contributed by atoms with van der Waals surface area (Å²) in [6.07, 6.45) is 4.93. The summed E-state index contributed by atoms with van der Waals surface area (Å²) in [4.78, 5) is 18.6. The molecule has 3 rings (SSSR count). The molecule has 2 aromatic rings. The first-order chi connectivity index (χ1) is 11.6. The summed E-state index contributed by atoms with van der Waals surface area (Å²) in [5.74, 6) is 0.897. The molecular weight excluding hydrogens is 338 g/mol. The van der Waals surface area contributed by atoms with Gasteiger partial charge in [-0.25, -0.2) is 9.97 Å². The van der Waals surface area contributed by atoms with E-state index >= 15 is 0 Å². The van der Waals surface area contributed by atoms with Gasteiger partial charge >= 0.3 is 0 Å². The Morgan fingerprint density at radius 3 is 2.67 bits per heavy atom. The van der Waals surface area contributed by atoms with Crippen LogP contribution in [-0.2, 0) is 25.9 Å². The Labute approximate surface area is 151 Å². The predicted molar refractivity (Wildman–Crippen MR) is 102 cm³/mol. The molecule has 0 fully saturated rings. The van der Waals surface area contributed by atoms with Crippen LogP contribution in [0.25, 0.3) is 0 Å². The van der Waals surface area contributed by atoms with Crippen LogP contribution < -0.4 is 5.32 Å². The summed E-state index contributed by atoms with van der Waals surface area (Å²) < 4.78 is 0. The van der Waals surface area contributed by atoms with Crippen LogP contribution in [0.4, 0.5) is 0 Å². The van der Waals surface area contributed by atoms with Crippen LogP contribution in [-0.4, -0.2) is 34.9 Å². The Balaban J connectivity index is 1.60. The normalized spacial score (nSPS) is 14.6. The molecule has 130 valence electrons. The van der Waals surface area contributed by atoms with Crippen LogP contribution in [0.5, 0.6) is 0 Å². The van der Waals surface area contributed by atoms with Gasteiger partial charge in [0.25, 0.3) is 0 Å². The maximum atomic E-state index is 4.83. The van der Waals surface area contributed by atoms with Crippen molar-refractivity contribution in [3.05, 3.63) is 31.2 Å². The third-order valence-corrected chi connectivity index (χ3v) is 6.46. The van der Waals surface area contributed by atoms with Crippen LogP contribution in [0.15, 0.2) is 4.99 Å². The summed E-state index contributed by atoms with van der Waals surface area (Å²) in [6.45, 7) is 5.68. The number of guanidine groups is 1. The van der Waals surface area contributed by atoms with Crippen molar-refractivity contribution in [3.63, 3.8) is 0 Å². The summed E-state index contributed by atoms with van der Waals surface area (Å²) >= 11 is 3.61. The van der Waals surface area contributed by atoms with Crippen molar-refractivity contribution in [2.75, 3.05) is 14.1 Å². The van der Waals surface area contributed by atoms with Gasteiger partial charge in [-0.05, 0) is 39.5 Å². The zero-order chi connectivity index (χ0) is 17.1. The first-order valence-electron chi connectivity index (χ1n) is 8.39. The number of nitrogens with one attached hydrogen (secondary N) is 1. The van der Waals surface area contributed by atoms with E-state index in [1.807, 2.05) is 25.3 Å². The van der Waals surface area contributed by atoms with Crippen LogP contribution in [0.3, 0.4) is 0 Å². The molecule has 1 aliphatic rings. The number of fused-ring (bicyclic) bond motifs is 1. The highest BCUT2D eigenvalue weighted by molar-refractivity contribution is 7.12. The molecule has 2 heterocycles. The van der Waals surface area contributed by atoms with E-state index in [9.17, 15) is 0 Å². The summed E-state index contributed by atoms with van der Waals surface area (Å²) in [7, 11) is 3.90. The highest BCUT2D eigenvalue weighted by Gasteiger charge is 2.17. The lowest BCUT2D eigenvalue weighted by Gasteiger charge is -2.20. The van der Waals surface area contributed by atoms with Crippen molar-refractivity contribution in [2.24, 2.45) is 4.99 Å². The van der Waals surface area contributed by atoms with Crippen LogP contribution >= 0.6 is 22.7 Å². The van der Waals surface area contributed by atoms with Crippen molar-refractivity contribution in [1.82, 2.24) is 20.2 Å². The number of rotatable bonds is 4. The minimum absolute atomic E-state index is 0.767. The van der Waals surface area contributed by atoms with Gasteiger partial charge in [0.1, 0.15) is 5.01 Å². The van der Waals surface area contributed by atoms with E-state index in [4.69, 9.17) is 4.98 Å². The Hall–Kier alpha value is -1.47. The van der Waals surface area contributed by atoms with Gasteiger partial charge in [-0.15, -0.1) is 22.7 Å². The average Bonchev–Trinajstić information content (AvgIpc) is 3.09. The van der Waals surface area contributed by atoms with Crippen molar-refractivity contribution in [2.45, 2.75) is 52.6 Å². The standard InChI is InChI=1S/C17H25N5S2/c1-11-15(23-12(2)20-11)9-19-17(18-3)22(4)10-16-21-13-7-5-6-8-14(13)24-16/h5-10H2,1-4H3,(H,18,19). The van der Waals surface area contributed by atoms with E-state index in [0.29, 0.717) is 0 Å². The summed E-state index contributed by atoms with van der Waals surface area (Å²) in [6, 6.07) is 0. The lowest BCUT2D eigenvalue weighted by atomic mass is 10.0. The number of thiazole rings is 2. The first-order valence-corrected chi connectivity index (χ1v) is 10.0. The van der Waals surface area contributed by atoms with E-state index in [2.05, 4.69) is 34.2 Å². The minimum Gasteiger partial charge on any atom is -0.351 e. The molecule has 5 nitrogen and oxygen atoms in total. The molecule has 0 unspecified atom stereocenters. The Morgan fingerprint density at radius 2 is 2.00 bits per heavy atom. The minimum atomic E-state index is 0.767. The average molecular weight is 364 g/mol.